The topological polar surface area (TPSA) is 129 Å². The van der Waals surface area contributed by atoms with Crippen molar-refractivity contribution >= 4 is 16.0 Å². The number of hydrogen-bond donors (Lipinski definition) is 4. The summed E-state index contributed by atoms with van der Waals surface area (Å²) in [5, 5.41) is 26.9. The van der Waals surface area contributed by atoms with Crippen LogP contribution < -0.4 is 4.72 Å². The molecular weight excluding hydrogens is 288 g/mol. The summed E-state index contributed by atoms with van der Waals surface area (Å²) in [5.41, 5.74) is -0.0857. The third kappa shape index (κ3) is 3.01. The van der Waals surface area contributed by atoms with E-state index >= 15 is 0 Å². The number of aliphatic hydroxyl groups excluding tert-OH is 2. The van der Waals surface area contributed by atoms with Crippen molar-refractivity contribution in [3.8, 4) is 0 Å². The van der Waals surface area contributed by atoms with Crippen LogP contribution in [0.1, 0.15) is 29.4 Å². The number of sulfonamides is 1. The largest absolute Gasteiger partial charge is 0.477 e. The van der Waals surface area contributed by atoms with Crippen molar-refractivity contribution in [2.45, 2.75) is 29.8 Å². The number of nitrogens with one attached hydrogen (secondary N) is 1. The predicted octanol–water partition coefficient (Wildman–Crippen LogP) is -0.847. The van der Waals surface area contributed by atoms with Gasteiger partial charge in [0.2, 0.25) is 10.0 Å². The molecule has 112 valence electrons. The lowest BCUT2D eigenvalue weighted by Gasteiger charge is -2.12. The lowest BCUT2D eigenvalue weighted by atomic mass is 10.4. The van der Waals surface area contributed by atoms with Crippen molar-refractivity contribution in [3.05, 3.63) is 18.0 Å². The van der Waals surface area contributed by atoms with Gasteiger partial charge in [0, 0.05) is 12.2 Å². The van der Waals surface area contributed by atoms with Gasteiger partial charge in [0.1, 0.15) is 10.6 Å². The Morgan fingerprint density at radius 3 is 2.45 bits per heavy atom. The molecule has 0 aliphatic heterocycles. The summed E-state index contributed by atoms with van der Waals surface area (Å²) in [6.45, 7) is -1.10. The first-order valence-electron chi connectivity index (χ1n) is 6.08. The maximum atomic E-state index is 12.1. The van der Waals surface area contributed by atoms with Crippen LogP contribution in [0.4, 0.5) is 0 Å². The van der Waals surface area contributed by atoms with Crippen molar-refractivity contribution in [3.63, 3.8) is 0 Å². The van der Waals surface area contributed by atoms with Crippen molar-refractivity contribution in [1.29, 1.82) is 0 Å². The molecule has 1 saturated carbocycles. The standard InChI is InChI=1S/C11H16N2O6S/c14-5-7(6-15)12-20(18,19)9-3-10(11(16)17)13(4-9)8-1-2-8/h3-4,7-8,12,14-15H,1-2,5-6H2,(H,16,17). The third-order valence-corrected chi connectivity index (χ3v) is 4.54. The van der Waals surface area contributed by atoms with Gasteiger partial charge in [-0.15, -0.1) is 0 Å². The number of aliphatic hydroxyl groups is 2. The third-order valence-electron chi connectivity index (χ3n) is 3.06. The van der Waals surface area contributed by atoms with Crippen molar-refractivity contribution in [2.24, 2.45) is 0 Å². The molecule has 1 heterocycles. The molecule has 0 radical (unpaired) electrons. The molecule has 9 heteroatoms. The number of aromatic nitrogens is 1. The Morgan fingerprint density at radius 2 is 2.00 bits per heavy atom. The van der Waals surface area contributed by atoms with Crippen LogP contribution in [0.5, 0.6) is 0 Å². The fraction of sp³-hybridized carbons (Fsp3) is 0.545. The van der Waals surface area contributed by atoms with Crippen LogP contribution in [-0.4, -0.2) is 53.5 Å². The zero-order valence-electron chi connectivity index (χ0n) is 10.6. The lowest BCUT2D eigenvalue weighted by Crippen LogP contribution is -2.39. The van der Waals surface area contributed by atoms with Gasteiger partial charge in [-0.2, -0.15) is 0 Å². The quantitative estimate of drug-likeness (QED) is 0.519. The summed E-state index contributed by atoms with van der Waals surface area (Å²) >= 11 is 0. The van der Waals surface area contributed by atoms with Gasteiger partial charge in [-0.1, -0.05) is 0 Å². The van der Waals surface area contributed by atoms with E-state index in [0.717, 1.165) is 18.9 Å². The van der Waals surface area contributed by atoms with Crippen LogP contribution in [0.2, 0.25) is 0 Å². The number of nitrogens with zero attached hydrogens (tertiary/aromatic N) is 1. The van der Waals surface area contributed by atoms with E-state index < -0.39 is 35.2 Å². The van der Waals surface area contributed by atoms with E-state index in [1.165, 1.54) is 10.8 Å². The first kappa shape index (κ1) is 15.0. The van der Waals surface area contributed by atoms with Crippen LogP contribution >= 0.6 is 0 Å². The van der Waals surface area contributed by atoms with Crippen molar-refractivity contribution in [1.82, 2.24) is 9.29 Å². The molecule has 20 heavy (non-hydrogen) atoms. The van der Waals surface area contributed by atoms with Gasteiger partial charge in [-0.3, -0.25) is 0 Å². The fourth-order valence-electron chi connectivity index (χ4n) is 1.85. The first-order chi connectivity index (χ1) is 9.39. The zero-order chi connectivity index (χ0) is 14.9. The van der Waals surface area contributed by atoms with Gasteiger partial charge >= 0.3 is 5.97 Å². The number of carboxylic acid groups (broad SMARTS) is 1. The summed E-state index contributed by atoms with van der Waals surface area (Å²) in [7, 11) is -3.98. The molecule has 1 aromatic rings. The average Bonchev–Trinajstić information content (AvgIpc) is 3.13. The number of hydrogen-bond acceptors (Lipinski definition) is 5. The summed E-state index contributed by atoms with van der Waals surface area (Å²) in [6, 6.07) is 0.0866. The molecule has 4 N–H and O–H groups in total. The molecule has 2 rings (SSSR count). The van der Waals surface area contributed by atoms with Gasteiger partial charge in [0.25, 0.3) is 0 Å². The highest BCUT2D eigenvalue weighted by Gasteiger charge is 2.31. The summed E-state index contributed by atoms with van der Waals surface area (Å²) in [4.78, 5) is 10.9. The van der Waals surface area contributed by atoms with E-state index in [1.54, 1.807) is 0 Å². The van der Waals surface area contributed by atoms with Crippen LogP contribution in [0.25, 0.3) is 0 Å². The van der Waals surface area contributed by atoms with E-state index in [2.05, 4.69) is 4.72 Å². The molecule has 0 unspecified atom stereocenters. The summed E-state index contributed by atoms with van der Waals surface area (Å²) in [5.74, 6) is -1.20. The highest BCUT2D eigenvalue weighted by Crippen LogP contribution is 2.37. The number of rotatable bonds is 7. The normalized spacial score (nSPS) is 15.8. The summed E-state index contributed by atoms with van der Waals surface area (Å²) < 4.78 is 27.7. The van der Waals surface area contributed by atoms with E-state index in [9.17, 15) is 13.2 Å². The molecule has 1 aliphatic carbocycles. The minimum absolute atomic E-state index is 0.0246. The second-order valence-corrected chi connectivity index (χ2v) is 6.40. The first-order valence-corrected chi connectivity index (χ1v) is 7.56. The van der Waals surface area contributed by atoms with Gasteiger partial charge in [0.05, 0.1) is 19.3 Å². The maximum Gasteiger partial charge on any atom is 0.352 e. The Bertz CT molecular complexity index is 600. The smallest absolute Gasteiger partial charge is 0.352 e. The van der Waals surface area contributed by atoms with Crippen LogP contribution in [0.15, 0.2) is 17.2 Å². The molecule has 1 fully saturated rings. The van der Waals surface area contributed by atoms with Crippen LogP contribution in [-0.2, 0) is 10.0 Å². The van der Waals surface area contributed by atoms with Gasteiger partial charge < -0.3 is 19.9 Å². The Morgan fingerprint density at radius 1 is 1.40 bits per heavy atom. The van der Waals surface area contributed by atoms with E-state index in [-0.39, 0.29) is 16.6 Å². The maximum absolute atomic E-state index is 12.1. The molecule has 1 aliphatic rings. The molecule has 0 saturated heterocycles. The number of carbonyl (C=O) groups is 1. The van der Waals surface area contributed by atoms with Crippen molar-refractivity contribution < 1.29 is 28.5 Å². The predicted molar refractivity (Wildman–Crippen MR) is 67.9 cm³/mol. The molecule has 0 amide bonds. The Balaban J connectivity index is 2.32. The minimum Gasteiger partial charge on any atom is -0.477 e. The lowest BCUT2D eigenvalue weighted by molar-refractivity contribution is 0.0685. The Hall–Kier alpha value is -1.42. The van der Waals surface area contributed by atoms with E-state index in [4.69, 9.17) is 15.3 Å². The molecule has 0 aromatic carbocycles. The monoisotopic (exact) mass is 304 g/mol. The molecular formula is C11H16N2O6S. The molecule has 0 spiro atoms. The van der Waals surface area contributed by atoms with Gasteiger partial charge in [-0.25, -0.2) is 17.9 Å². The number of aromatic carboxylic acids is 1. The highest BCUT2D eigenvalue weighted by molar-refractivity contribution is 7.89. The fourth-order valence-corrected chi connectivity index (χ4v) is 3.09. The second kappa shape index (κ2) is 5.52. The zero-order valence-corrected chi connectivity index (χ0v) is 11.4. The van der Waals surface area contributed by atoms with Crippen molar-refractivity contribution in [2.75, 3.05) is 13.2 Å². The van der Waals surface area contributed by atoms with E-state index in [0.29, 0.717) is 0 Å². The minimum atomic E-state index is -3.98. The van der Waals surface area contributed by atoms with Crippen LogP contribution in [0, 0.1) is 0 Å². The summed E-state index contributed by atoms with van der Waals surface area (Å²) in [6.07, 6.45) is 2.91. The number of carboxylic acids is 1. The Kier molecular flexibility index (Phi) is 4.14. The Labute approximate surface area is 115 Å². The molecule has 8 nitrogen and oxygen atoms in total. The second-order valence-electron chi connectivity index (χ2n) is 4.69. The average molecular weight is 304 g/mol. The molecule has 0 bridgehead atoms. The highest BCUT2D eigenvalue weighted by atomic mass is 32.2. The van der Waals surface area contributed by atoms with Gasteiger partial charge in [0.15, 0.2) is 0 Å². The molecule has 1 aromatic heterocycles. The SMILES string of the molecule is O=C(O)c1cc(S(=O)(=O)NC(CO)CO)cn1C1CC1. The molecule has 0 atom stereocenters. The van der Waals surface area contributed by atoms with E-state index in [1.807, 2.05) is 0 Å². The van der Waals surface area contributed by atoms with Crippen LogP contribution in [0.3, 0.4) is 0 Å². The van der Waals surface area contributed by atoms with Gasteiger partial charge in [-0.05, 0) is 18.9 Å².